The number of anilines is 1. The molecular weight excluding hydrogens is 158 g/mol. The van der Waals surface area contributed by atoms with Crippen molar-refractivity contribution in [2.45, 2.75) is 33.1 Å². The standard InChI is InChI=1S/C12H19N/c1-9-7-6-8-10(11(9)13-5)12(2,3)4/h6-8,13H,1-5H3. The van der Waals surface area contributed by atoms with E-state index >= 15 is 0 Å². The van der Waals surface area contributed by atoms with Crippen LogP contribution in [0.3, 0.4) is 0 Å². The molecule has 0 radical (unpaired) electrons. The summed E-state index contributed by atoms with van der Waals surface area (Å²) < 4.78 is 0. The maximum atomic E-state index is 3.27. The number of aryl methyl sites for hydroxylation is 1. The van der Waals surface area contributed by atoms with E-state index in [9.17, 15) is 0 Å². The summed E-state index contributed by atoms with van der Waals surface area (Å²) in [4.78, 5) is 0. The van der Waals surface area contributed by atoms with Crippen molar-refractivity contribution in [1.29, 1.82) is 0 Å². The molecule has 0 spiro atoms. The average Bonchev–Trinajstić information content (AvgIpc) is 2.02. The van der Waals surface area contributed by atoms with Gasteiger partial charge in [-0.2, -0.15) is 0 Å². The summed E-state index contributed by atoms with van der Waals surface area (Å²) in [6.45, 7) is 8.86. The molecule has 0 aliphatic heterocycles. The lowest BCUT2D eigenvalue weighted by atomic mass is 9.84. The summed E-state index contributed by atoms with van der Waals surface area (Å²) in [6.07, 6.45) is 0. The monoisotopic (exact) mass is 177 g/mol. The molecule has 72 valence electrons. The Hall–Kier alpha value is -0.980. The third kappa shape index (κ3) is 2.03. The number of benzene rings is 1. The van der Waals surface area contributed by atoms with E-state index < -0.39 is 0 Å². The first-order chi connectivity index (χ1) is 5.96. The van der Waals surface area contributed by atoms with Crippen molar-refractivity contribution in [2.75, 3.05) is 12.4 Å². The fourth-order valence-electron chi connectivity index (χ4n) is 1.62. The average molecular weight is 177 g/mol. The number of hydrogen-bond acceptors (Lipinski definition) is 1. The first kappa shape index (κ1) is 10.1. The van der Waals surface area contributed by atoms with Gasteiger partial charge >= 0.3 is 0 Å². The van der Waals surface area contributed by atoms with E-state index in [0.29, 0.717) is 0 Å². The summed E-state index contributed by atoms with van der Waals surface area (Å²) >= 11 is 0. The van der Waals surface area contributed by atoms with Crippen LogP contribution in [0.25, 0.3) is 0 Å². The molecule has 1 aromatic carbocycles. The molecule has 0 aliphatic rings. The van der Waals surface area contributed by atoms with Gasteiger partial charge in [-0.05, 0) is 23.5 Å². The van der Waals surface area contributed by atoms with Crippen LogP contribution in [-0.2, 0) is 5.41 Å². The molecule has 0 saturated carbocycles. The Bertz CT molecular complexity index is 294. The second kappa shape index (κ2) is 3.41. The van der Waals surface area contributed by atoms with Gasteiger partial charge in [-0.1, -0.05) is 39.0 Å². The van der Waals surface area contributed by atoms with Gasteiger partial charge < -0.3 is 5.32 Å². The minimum atomic E-state index is 0.213. The normalized spacial score (nSPS) is 11.5. The maximum Gasteiger partial charge on any atom is 0.0405 e. The summed E-state index contributed by atoms with van der Waals surface area (Å²) in [5, 5.41) is 3.27. The smallest absolute Gasteiger partial charge is 0.0405 e. The predicted molar refractivity (Wildman–Crippen MR) is 59.4 cm³/mol. The van der Waals surface area contributed by atoms with E-state index in [0.717, 1.165) is 0 Å². The first-order valence-electron chi connectivity index (χ1n) is 4.74. The Morgan fingerprint density at radius 2 is 1.77 bits per heavy atom. The predicted octanol–water partition coefficient (Wildman–Crippen LogP) is 3.33. The summed E-state index contributed by atoms with van der Waals surface area (Å²) in [6, 6.07) is 6.46. The van der Waals surface area contributed by atoms with Gasteiger partial charge in [0.25, 0.3) is 0 Å². The Labute approximate surface area is 81.2 Å². The molecule has 1 N–H and O–H groups in total. The summed E-state index contributed by atoms with van der Waals surface area (Å²) in [5.41, 5.74) is 4.18. The maximum absolute atomic E-state index is 3.27. The fourth-order valence-corrected chi connectivity index (χ4v) is 1.62. The van der Waals surface area contributed by atoms with E-state index in [1.54, 1.807) is 0 Å². The van der Waals surface area contributed by atoms with Crippen LogP contribution in [0.1, 0.15) is 31.9 Å². The van der Waals surface area contributed by atoms with E-state index in [4.69, 9.17) is 0 Å². The van der Waals surface area contributed by atoms with Crippen LogP contribution >= 0.6 is 0 Å². The summed E-state index contributed by atoms with van der Waals surface area (Å²) in [7, 11) is 1.98. The SMILES string of the molecule is CNc1c(C)cccc1C(C)(C)C. The molecule has 1 nitrogen and oxygen atoms in total. The van der Waals surface area contributed by atoms with Crippen molar-refractivity contribution in [3.8, 4) is 0 Å². The van der Waals surface area contributed by atoms with Crippen LogP contribution < -0.4 is 5.32 Å². The topological polar surface area (TPSA) is 12.0 Å². The molecule has 0 atom stereocenters. The second-order valence-electron chi connectivity index (χ2n) is 4.50. The van der Waals surface area contributed by atoms with Crippen LogP contribution in [0.2, 0.25) is 0 Å². The number of rotatable bonds is 1. The number of nitrogens with one attached hydrogen (secondary N) is 1. The van der Waals surface area contributed by atoms with Crippen LogP contribution in [0, 0.1) is 6.92 Å². The molecule has 0 saturated heterocycles. The zero-order chi connectivity index (χ0) is 10.1. The highest BCUT2D eigenvalue weighted by atomic mass is 14.8. The molecule has 0 bridgehead atoms. The molecular formula is C12H19N. The zero-order valence-electron chi connectivity index (χ0n) is 9.23. The van der Waals surface area contributed by atoms with Gasteiger partial charge in [-0.25, -0.2) is 0 Å². The molecule has 1 rings (SSSR count). The molecule has 0 heterocycles. The lowest BCUT2D eigenvalue weighted by molar-refractivity contribution is 0.591. The molecule has 0 aromatic heterocycles. The van der Waals surface area contributed by atoms with E-state index in [1.807, 2.05) is 7.05 Å². The lowest BCUT2D eigenvalue weighted by Crippen LogP contribution is -2.14. The molecule has 0 aliphatic carbocycles. The Kier molecular flexibility index (Phi) is 2.65. The van der Waals surface area contributed by atoms with Crippen molar-refractivity contribution in [2.24, 2.45) is 0 Å². The van der Waals surface area contributed by atoms with Gasteiger partial charge in [0.2, 0.25) is 0 Å². The third-order valence-corrected chi connectivity index (χ3v) is 2.33. The lowest BCUT2D eigenvalue weighted by Gasteiger charge is -2.23. The minimum absolute atomic E-state index is 0.213. The van der Waals surface area contributed by atoms with E-state index in [2.05, 4.69) is 51.2 Å². The quantitative estimate of drug-likeness (QED) is 0.693. The van der Waals surface area contributed by atoms with Gasteiger partial charge in [0, 0.05) is 12.7 Å². The van der Waals surface area contributed by atoms with Crippen LogP contribution in [0.5, 0.6) is 0 Å². The first-order valence-corrected chi connectivity index (χ1v) is 4.74. The van der Waals surface area contributed by atoms with Gasteiger partial charge in [-0.15, -0.1) is 0 Å². The van der Waals surface area contributed by atoms with Crippen molar-refractivity contribution in [3.63, 3.8) is 0 Å². The largest absolute Gasteiger partial charge is 0.388 e. The van der Waals surface area contributed by atoms with Crippen molar-refractivity contribution < 1.29 is 0 Å². The van der Waals surface area contributed by atoms with Gasteiger partial charge in [0.15, 0.2) is 0 Å². The molecule has 0 fully saturated rings. The third-order valence-electron chi connectivity index (χ3n) is 2.33. The minimum Gasteiger partial charge on any atom is -0.388 e. The van der Waals surface area contributed by atoms with Crippen molar-refractivity contribution in [3.05, 3.63) is 29.3 Å². The Morgan fingerprint density at radius 1 is 1.15 bits per heavy atom. The second-order valence-corrected chi connectivity index (χ2v) is 4.50. The molecule has 1 heteroatoms. The Morgan fingerprint density at radius 3 is 2.15 bits per heavy atom. The molecule has 1 aromatic rings. The van der Waals surface area contributed by atoms with Crippen LogP contribution in [0.15, 0.2) is 18.2 Å². The van der Waals surface area contributed by atoms with E-state index in [-0.39, 0.29) is 5.41 Å². The zero-order valence-corrected chi connectivity index (χ0v) is 9.23. The van der Waals surface area contributed by atoms with Crippen molar-refractivity contribution in [1.82, 2.24) is 0 Å². The highest BCUT2D eigenvalue weighted by molar-refractivity contribution is 5.59. The fraction of sp³-hybridized carbons (Fsp3) is 0.500. The van der Waals surface area contributed by atoms with Crippen LogP contribution in [-0.4, -0.2) is 7.05 Å². The van der Waals surface area contributed by atoms with Crippen molar-refractivity contribution >= 4 is 5.69 Å². The molecule has 0 unspecified atom stereocenters. The molecule has 0 amide bonds. The van der Waals surface area contributed by atoms with Gasteiger partial charge in [0.1, 0.15) is 0 Å². The number of hydrogen-bond donors (Lipinski definition) is 1. The number of para-hydroxylation sites is 1. The van der Waals surface area contributed by atoms with Gasteiger partial charge in [0.05, 0.1) is 0 Å². The summed E-state index contributed by atoms with van der Waals surface area (Å²) in [5.74, 6) is 0. The highest BCUT2D eigenvalue weighted by Crippen LogP contribution is 2.31. The Balaban J connectivity index is 3.29. The van der Waals surface area contributed by atoms with E-state index in [1.165, 1.54) is 16.8 Å². The highest BCUT2D eigenvalue weighted by Gasteiger charge is 2.17. The van der Waals surface area contributed by atoms with Crippen LogP contribution in [0.4, 0.5) is 5.69 Å². The van der Waals surface area contributed by atoms with Gasteiger partial charge in [-0.3, -0.25) is 0 Å². The molecule has 13 heavy (non-hydrogen) atoms.